The van der Waals surface area contributed by atoms with Crippen molar-refractivity contribution in [3.05, 3.63) is 0 Å². The number of hydrogen-bond acceptors (Lipinski definition) is 3. The van der Waals surface area contributed by atoms with E-state index in [0.29, 0.717) is 0 Å². The van der Waals surface area contributed by atoms with Gasteiger partial charge in [-0.25, -0.2) is 0 Å². The maximum Gasteiger partial charge on any atom is 0.0912 e. The van der Waals surface area contributed by atoms with E-state index in [1.165, 1.54) is 12.8 Å². The van der Waals surface area contributed by atoms with Crippen molar-refractivity contribution in [2.24, 2.45) is 0 Å². The summed E-state index contributed by atoms with van der Waals surface area (Å²) in [5.41, 5.74) is -0.438. The molecule has 3 nitrogen and oxygen atoms in total. The van der Waals surface area contributed by atoms with E-state index in [1.54, 1.807) is 0 Å². The van der Waals surface area contributed by atoms with Gasteiger partial charge in [0, 0.05) is 25.7 Å². The second kappa shape index (κ2) is 3.23. The summed E-state index contributed by atoms with van der Waals surface area (Å²) in [6, 6.07) is 0.802. The van der Waals surface area contributed by atoms with Crippen molar-refractivity contribution < 1.29 is 5.11 Å². The predicted octanol–water partition coefficient (Wildman–Crippen LogP) is 0.147. The van der Waals surface area contributed by atoms with E-state index >= 15 is 0 Å². The zero-order valence-electron chi connectivity index (χ0n) is 8.66. The Morgan fingerprint density at radius 3 is 2.69 bits per heavy atom. The Kier molecular flexibility index (Phi) is 2.34. The largest absolute Gasteiger partial charge is 0.387 e. The van der Waals surface area contributed by atoms with E-state index < -0.39 is 5.60 Å². The summed E-state index contributed by atoms with van der Waals surface area (Å²) in [5.74, 6) is 0. The van der Waals surface area contributed by atoms with Crippen molar-refractivity contribution >= 4 is 0 Å². The fraction of sp³-hybridized carbons (Fsp3) is 1.00. The van der Waals surface area contributed by atoms with E-state index in [1.807, 2.05) is 14.1 Å². The maximum absolute atomic E-state index is 10.2. The topological polar surface area (TPSA) is 26.7 Å². The summed E-state index contributed by atoms with van der Waals surface area (Å²) in [4.78, 5) is 4.53. The molecule has 1 aliphatic carbocycles. The Bertz CT molecular complexity index is 191. The zero-order chi connectivity index (χ0) is 9.47. The van der Waals surface area contributed by atoms with Crippen LogP contribution >= 0.6 is 0 Å². The zero-order valence-corrected chi connectivity index (χ0v) is 8.66. The van der Waals surface area contributed by atoms with E-state index in [0.717, 1.165) is 32.1 Å². The second-order valence-corrected chi connectivity index (χ2v) is 4.91. The molecular formula is C10H20N2O. The van der Waals surface area contributed by atoms with Gasteiger partial charge in [-0.15, -0.1) is 0 Å². The Labute approximate surface area is 80.3 Å². The molecule has 3 heteroatoms. The van der Waals surface area contributed by atoms with Crippen LogP contribution in [0, 0.1) is 0 Å². The Balaban J connectivity index is 1.87. The number of likely N-dealkylation sites (N-methyl/N-ethyl adjacent to an activating group) is 1. The first kappa shape index (κ1) is 9.44. The molecule has 1 N–H and O–H groups in total. The monoisotopic (exact) mass is 184 g/mol. The van der Waals surface area contributed by atoms with Gasteiger partial charge in [-0.05, 0) is 33.4 Å². The normalized spacial score (nSPS) is 36.0. The SMILES string of the molecule is CN(C)CC1(O)CCN(C2CC2)C1. The predicted molar refractivity (Wildman–Crippen MR) is 52.7 cm³/mol. The number of nitrogens with zero attached hydrogens (tertiary/aromatic N) is 2. The minimum atomic E-state index is -0.438. The Morgan fingerprint density at radius 1 is 1.46 bits per heavy atom. The second-order valence-electron chi connectivity index (χ2n) is 4.91. The molecule has 1 aliphatic heterocycles. The third kappa shape index (κ3) is 2.22. The number of rotatable bonds is 3. The molecule has 76 valence electrons. The number of likely N-dealkylation sites (tertiary alicyclic amines) is 1. The molecule has 0 spiro atoms. The first-order chi connectivity index (χ1) is 6.09. The molecule has 2 aliphatic rings. The lowest BCUT2D eigenvalue weighted by Crippen LogP contribution is -2.42. The molecule has 0 aromatic carbocycles. The van der Waals surface area contributed by atoms with Crippen molar-refractivity contribution in [1.29, 1.82) is 0 Å². The lowest BCUT2D eigenvalue weighted by Gasteiger charge is -2.26. The van der Waals surface area contributed by atoms with Crippen LogP contribution in [0.5, 0.6) is 0 Å². The molecule has 0 amide bonds. The molecule has 1 heterocycles. The highest BCUT2D eigenvalue weighted by Crippen LogP contribution is 2.33. The summed E-state index contributed by atoms with van der Waals surface area (Å²) >= 11 is 0. The van der Waals surface area contributed by atoms with Crippen LogP contribution in [0.1, 0.15) is 19.3 Å². The van der Waals surface area contributed by atoms with Gasteiger partial charge in [0.2, 0.25) is 0 Å². The molecule has 0 aromatic heterocycles. The highest BCUT2D eigenvalue weighted by atomic mass is 16.3. The van der Waals surface area contributed by atoms with Gasteiger partial charge in [0.15, 0.2) is 0 Å². The molecule has 1 atom stereocenters. The van der Waals surface area contributed by atoms with Gasteiger partial charge in [0.1, 0.15) is 0 Å². The van der Waals surface area contributed by atoms with Gasteiger partial charge in [-0.3, -0.25) is 4.90 Å². The van der Waals surface area contributed by atoms with Gasteiger partial charge >= 0.3 is 0 Å². The van der Waals surface area contributed by atoms with E-state index in [2.05, 4.69) is 9.80 Å². The van der Waals surface area contributed by atoms with Crippen LogP contribution in [0.15, 0.2) is 0 Å². The highest BCUT2D eigenvalue weighted by molar-refractivity contribution is 4.97. The highest BCUT2D eigenvalue weighted by Gasteiger charge is 2.41. The smallest absolute Gasteiger partial charge is 0.0912 e. The standard InChI is InChI=1S/C10H20N2O/c1-11(2)7-10(13)5-6-12(8-10)9-3-4-9/h9,13H,3-8H2,1-2H3. The summed E-state index contributed by atoms with van der Waals surface area (Å²) in [6.07, 6.45) is 3.64. The molecule has 2 rings (SSSR count). The average molecular weight is 184 g/mol. The van der Waals surface area contributed by atoms with Crippen molar-refractivity contribution in [2.45, 2.75) is 30.9 Å². The third-order valence-electron chi connectivity index (χ3n) is 3.04. The van der Waals surface area contributed by atoms with E-state index in [-0.39, 0.29) is 0 Å². The molecule has 0 bridgehead atoms. The third-order valence-corrected chi connectivity index (χ3v) is 3.04. The minimum absolute atomic E-state index is 0.438. The fourth-order valence-electron chi connectivity index (χ4n) is 2.36. The van der Waals surface area contributed by atoms with Gasteiger partial charge in [0.25, 0.3) is 0 Å². The summed E-state index contributed by atoms with van der Waals surface area (Å²) in [7, 11) is 4.05. The van der Waals surface area contributed by atoms with Crippen LogP contribution in [-0.4, -0.2) is 60.3 Å². The lowest BCUT2D eigenvalue weighted by molar-refractivity contribution is 0.0239. The van der Waals surface area contributed by atoms with Crippen LogP contribution in [0.3, 0.4) is 0 Å². The summed E-state index contributed by atoms with van der Waals surface area (Å²) in [6.45, 7) is 2.78. The maximum atomic E-state index is 10.2. The number of β-amino-alcohol motifs (C(OH)–C–C–N with tert-alkyl or cyclic N) is 1. The van der Waals surface area contributed by atoms with Crippen molar-refractivity contribution in [2.75, 3.05) is 33.7 Å². The molecule has 13 heavy (non-hydrogen) atoms. The van der Waals surface area contributed by atoms with Gasteiger partial charge in [-0.2, -0.15) is 0 Å². The van der Waals surface area contributed by atoms with E-state index in [4.69, 9.17) is 0 Å². The average Bonchev–Trinajstić information content (AvgIpc) is 2.75. The van der Waals surface area contributed by atoms with Crippen LogP contribution in [0.2, 0.25) is 0 Å². The van der Waals surface area contributed by atoms with Crippen LogP contribution < -0.4 is 0 Å². The number of hydrogen-bond donors (Lipinski definition) is 1. The van der Waals surface area contributed by atoms with Crippen LogP contribution in [0.4, 0.5) is 0 Å². The molecule has 0 aromatic rings. The summed E-state index contributed by atoms with van der Waals surface area (Å²) in [5, 5.41) is 10.2. The quantitative estimate of drug-likeness (QED) is 0.676. The lowest BCUT2D eigenvalue weighted by atomic mass is 10.0. The molecule has 1 unspecified atom stereocenters. The fourth-order valence-corrected chi connectivity index (χ4v) is 2.36. The van der Waals surface area contributed by atoms with Crippen molar-refractivity contribution in [3.8, 4) is 0 Å². The molecule has 2 fully saturated rings. The van der Waals surface area contributed by atoms with Gasteiger partial charge in [-0.1, -0.05) is 0 Å². The van der Waals surface area contributed by atoms with Crippen molar-refractivity contribution in [1.82, 2.24) is 9.80 Å². The molecule has 0 radical (unpaired) electrons. The van der Waals surface area contributed by atoms with Crippen molar-refractivity contribution in [3.63, 3.8) is 0 Å². The van der Waals surface area contributed by atoms with Crippen LogP contribution in [-0.2, 0) is 0 Å². The first-order valence-electron chi connectivity index (χ1n) is 5.20. The summed E-state index contributed by atoms with van der Waals surface area (Å²) < 4.78 is 0. The van der Waals surface area contributed by atoms with Crippen LogP contribution in [0.25, 0.3) is 0 Å². The van der Waals surface area contributed by atoms with Gasteiger partial charge < -0.3 is 10.0 Å². The van der Waals surface area contributed by atoms with E-state index in [9.17, 15) is 5.11 Å². The first-order valence-corrected chi connectivity index (χ1v) is 5.20. The minimum Gasteiger partial charge on any atom is -0.387 e. The molecular weight excluding hydrogens is 164 g/mol. The molecule has 1 saturated heterocycles. The number of aliphatic hydroxyl groups is 1. The Morgan fingerprint density at radius 2 is 2.15 bits per heavy atom. The Hall–Kier alpha value is -0.120. The molecule has 1 saturated carbocycles. The van der Waals surface area contributed by atoms with Gasteiger partial charge in [0.05, 0.1) is 5.60 Å².